The molecule has 0 spiro atoms. The van der Waals surface area contributed by atoms with Gasteiger partial charge in [-0.15, -0.1) is 11.3 Å². The van der Waals surface area contributed by atoms with E-state index in [0.29, 0.717) is 17.5 Å². The Kier molecular flexibility index (Phi) is 9.84. The maximum atomic E-state index is 5.48. The summed E-state index contributed by atoms with van der Waals surface area (Å²) in [4.78, 5) is 16.3. The van der Waals surface area contributed by atoms with Gasteiger partial charge in [-0.2, -0.15) is 0 Å². The van der Waals surface area contributed by atoms with Crippen molar-refractivity contribution in [1.82, 2.24) is 15.0 Å². The summed E-state index contributed by atoms with van der Waals surface area (Å²) in [6, 6.07) is 76.7. The third kappa shape index (κ3) is 6.93. The lowest BCUT2D eigenvalue weighted by Gasteiger charge is -2.31. The van der Waals surface area contributed by atoms with Crippen molar-refractivity contribution in [2.75, 3.05) is 0 Å². The molecule has 4 heteroatoms. The van der Waals surface area contributed by atoms with Crippen LogP contribution in [0.4, 0.5) is 0 Å². The average Bonchev–Trinajstić information content (AvgIpc) is 3.76. The number of rotatable bonds is 5. The van der Waals surface area contributed by atoms with E-state index in [2.05, 4.69) is 226 Å². The predicted octanol–water partition coefficient (Wildman–Crippen LogP) is 16.1. The SMILES string of the molecule is CC1(C)c2ccccc2Cc2ccccc2-c2c(cccc2-c2nc(-c3ccc(-c4cccc5c4sc4ccccc45)cc3)nc(-c3ccccc3-c3ccccc3)n2)Cc2ccccc21. The number of hydrogen-bond donors (Lipinski definition) is 0. The molecule has 0 bridgehead atoms. The van der Waals surface area contributed by atoms with Gasteiger partial charge in [-0.05, 0) is 85.7 Å². The molecule has 0 aliphatic heterocycles. The minimum absolute atomic E-state index is 0.214. The third-order valence-corrected chi connectivity index (χ3v) is 14.8. The molecule has 0 saturated carbocycles. The van der Waals surface area contributed by atoms with E-state index in [1.54, 1.807) is 0 Å². The van der Waals surface area contributed by atoms with Gasteiger partial charge in [0, 0.05) is 42.3 Å². The molecule has 66 heavy (non-hydrogen) atoms. The first-order valence-electron chi connectivity index (χ1n) is 22.8. The molecular formula is C62H45N3S. The first-order chi connectivity index (χ1) is 32.5. The fraction of sp³-hybridized carbons (Fsp3) is 0.0806. The summed E-state index contributed by atoms with van der Waals surface area (Å²) in [5.41, 5.74) is 17.4. The molecule has 0 N–H and O–H groups in total. The predicted molar refractivity (Wildman–Crippen MR) is 276 cm³/mol. The summed E-state index contributed by atoms with van der Waals surface area (Å²) in [6.07, 6.45) is 1.56. The maximum Gasteiger partial charge on any atom is 0.164 e. The molecule has 0 unspecified atom stereocenters. The molecular weight excluding hydrogens is 819 g/mol. The van der Waals surface area contributed by atoms with Gasteiger partial charge in [-0.25, -0.2) is 15.0 Å². The van der Waals surface area contributed by atoms with E-state index >= 15 is 0 Å². The number of fused-ring (bicyclic) bond motifs is 8. The molecule has 11 aromatic rings. The minimum atomic E-state index is -0.214. The average molecular weight is 864 g/mol. The minimum Gasteiger partial charge on any atom is -0.208 e. The largest absolute Gasteiger partial charge is 0.208 e. The van der Waals surface area contributed by atoms with Crippen LogP contribution in [0, 0.1) is 0 Å². The highest BCUT2D eigenvalue weighted by molar-refractivity contribution is 7.26. The number of thiophene rings is 1. The number of aromatic nitrogens is 3. The standard InChI is InChI=1S/C62H45N3S/c1-62(2)54-31-13-7-21-44(54)38-43-20-6-9-25-48(43)57-46(39-45-22-8-14-32-55(45)62)23-16-30-53(57)61-64-59(63-60(65-61)52-27-11-10-24-47(52)40-18-4-3-5-19-40)42-36-34-41(35-37-42)49-28-17-29-51-50-26-12-15-33-56(50)66-58(49)51/h3-37H,38-39H2,1-2H3. The van der Waals surface area contributed by atoms with Crippen LogP contribution in [-0.4, -0.2) is 15.0 Å². The fourth-order valence-corrected chi connectivity index (χ4v) is 11.6. The highest BCUT2D eigenvalue weighted by Gasteiger charge is 2.30. The molecule has 0 saturated heterocycles. The van der Waals surface area contributed by atoms with Crippen molar-refractivity contribution in [3.8, 4) is 67.5 Å². The molecule has 314 valence electrons. The first-order valence-corrected chi connectivity index (χ1v) is 23.6. The molecule has 2 heterocycles. The molecule has 0 atom stereocenters. The van der Waals surface area contributed by atoms with Crippen LogP contribution in [-0.2, 0) is 18.3 Å². The Labute approximate surface area is 389 Å². The summed E-state index contributed by atoms with van der Waals surface area (Å²) in [5, 5.41) is 2.59. The third-order valence-electron chi connectivity index (χ3n) is 13.6. The summed E-state index contributed by atoms with van der Waals surface area (Å²) in [6.45, 7) is 4.76. The zero-order chi connectivity index (χ0) is 44.2. The molecule has 1 aliphatic rings. The van der Waals surface area contributed by atoms with E-state index in [-0.39, 0.29) is 5.41 Å². The highest BCUT2D eigenvalue weighted by atomic mass is 32.1. The second-order valence-corrected chi connectivity index (χ2v) is 18.9. The van der Waals surface area contributed by atoms with Gasteiger partial charge in [0.1, 0.15) is 0 Å². The van der Waals surface area contributed by atoms with Crippen LogP contribution in [0.3, 0.4) is 0 Å². The zero-order valence-corrected chi connectivity index (χ0v) is 37.7. The van der Waals surface area contributed by atoms with Crippen molar-refractivity contribution in [2.45, 2.75) is 32.1 Å². The van der Waals surface area contributed by atoms with Crippen molar-refractivity contribution < 1.29 is 0 Å². The van der Waals surface area contributed by atoms with Crippen LogP contribution in [0.25, 0.3) is 87.7 Å². The van der Waals surface area contributed by atoms with Crippen LogP contribution in [0.5, 0.6) is 0 Å². The molecule has 0 radical (unpaired) electrons. The van der Waals surface area contributed by atoms with Crippen molar-refractivity contribution >= 4 is 31.5 Å². The second kappa shape index (κ2) is 16.3. The van der Waals surface area contributed by atoms with Crippen LogP contribution < -0.4 is 0 Å². The molecule has 0 amide bonds. The van der Waals surface area contributed by atoms with E-state index in [1.165, 1.54) is 64.7 Å². The fourth-order valence-electron chi connectivity index (χ4n) is 10.4. The Morgan fingerprint density at radius 1 is 0.348 bits per heavy atom. The number of nitrogens with zero attached hydrogens (tertiary/aromatic N) is 3. The monoisotopic (exact) mass is 863 g/mol. The normalized spacial score (nSPS) is 13.0. The summed E-state index contributed by atoms with van der Waals surface area (Å²) < 4.78 is 2.60. The van der Waals surface area contributed by atoms with Gasteiger partial charge in [0.2, 0.25) is 0 Å². The van der Waals surface area contributed by atoms with E-state index in [4.69, 9.17) is 15.0 Å². The summed E-state index contributed by atoms with van der Waals surface area (Å²) in [7, 11) is 0. The van der Waals surface area contributed by atoms with Gasteiger partial charge in [0.25, 0.3) is 0 Å². The quantitative estimate of drug-likeness (QED) is 0.173. The maximum absolute atomic E-state index is 5.48. The van der Waals surface area contributed by atoms with Crippen LogP contribution >= 0.6 is 11.3 Å². The van der Waals surface area contributed by atoms with Crippen LogP contribution in [0.2, 0.25) is 0 Å². The van der Waals surface area contributed by atoms with Crippen molar-refractivity contribution in [2.24, 2.45) is 0 Å². The lowest BCUT2D eigenvalue weighted by Crippen LogP contribution is -2.23. The first kappa shape index (κ1) is 39.8. The van der Waals surface area contributed by atoms with E-state index in [1.807, 2.05) is 11.3 Å². The van der Waals surface area contributed by atoms with E-state index < -0.39 is 0 Å². The van der Waals surface area contributed by atoms with Crippen LogP contribution in [0.15, 0.2) is 212 Å². The Morgan fingerprint density at radius 3 is 1.59 bits per heavy atom. The molecule has 0 fully saturated rings. The Hall–Kier alpha value is -7.79. The van der Waals surface area contributed by atoms with Crippen LogP contribution in [0.1, 0.15) is 47.2 Å². The molecule has 12 rings (SSSR count). The zero-order valence-electron chi connectivity index (χ0n) is 36.9. The Bertz CT molecular complexity index is 3620. The van der Waals surface area contributed by atoms with Gasteiger partial charge in [0.15, 0.2) is 17.5 Å². The lowest BCUT2D eigenvalue weighted by atomic mass is 9.73. The van der Waals surface area contributed by atoms with Crippen molar-refractivity contribution in [1.29, 1.82) is 0 Å². The van der Waals surface area contributed by atoms with Gasteiger partial charge >= 0.3 is 0 Å². The van der Waals surface area contributed by atoms with E-state index in [0.717, 1.165) is 51.8 Å². The summed E-state index contributed by atoms with van der Waals surface area (Å²) >= 11 is 1.85. The summed E-state index contributed by atoms with van der Waals surface area (Å²) in [5.74, 6) is 1.91. The second-order valence-electron chi connectivity index (χ2n) is 17.9. The molecule has 2 aromatic heterocycles. The lowest BCUT2D eigenvalue weighted by molar-refractivity contribution is 0.627. The van der Waals surface area contributed by atoms with Gasteiger partial charge < -0.3 is 0 Å². The van der Waals surface area contributed by atoms with Gasteiger partial charge in [-0.3, -0.25) is 0 Å². The highest BCUT2D eigenvalue weighted by Crippen LogP contribution is 2.44. The number of hydrogen-bond acceptors (Lipinski definition) is 4. The van der Waals surface area contributed by atoms with Gasteiger partial charge in [0.05, 0.1) is 0 Å². The van der Waals surface area contributed by atoms with E-state index in [9.17, 15) is 0 Å². The number of benzene rings is 9. The molecule has 1 aliphatic carbocycles. The van der Waals surface area contributed by atoms with Crippen molar-refractivity contribution in [3.05, 3.63) is 246 Å². The molecule has 3 nitrogen and oxygen atoms in total. The Balaban J connectivity index is 1.07. The van der Waals surface area contributed by atoms with Gasteiger partial charge in [-0.1, -0.05) is 220 Å². The molecule has 9 aromatic carbocycles. The topological polar surface area (TPSA) is 38.7 Å². The van der Waals surface area contributed by atoms with Crippen molar-refractivity contribution in [3.63, 3.8) is 0 Å². The Morgan fingerprint density at radius 2 is 0.833 bits per heavy atom. The smallest absolute Gasteiger partial charge is 0.164 e.